The smallest absolute Gasteiger partial charge is 0.407 e. The van der Waals surface area contributed by atoms with Crippen molar-refractivity contribution >= 4 is 6.09 Å². The molecule has 0 aliphatic heterocycles. The van der Waals surface area contributed by atoms with Gasteiger partial charge in [-0.05, 0) is 44.9 Å². The second kappa shape index (κ2) is 6.52. The minimum atomic E-state index is -0.523. The Kier molecular flexibility index (Phi) is 5.30. The van der Waals surface area contributed by atoms with Crippen LogP contribution in [0, 0.1) is 5.82 Å². The summed E-state index contributed by atoms with van der Waals surface area (Å²) in [5, 5.41) is 2.61. The van der Waals surface area contributed by atoms with Crippen LogP contribution >= 0.6 is 0 Å². The van der Waals surface area contributed by atoms with E-state index in [0.29, 0.717) is 13.0 Å². The minimum Gasteiger partial charge on any atom is -0.444 e. The van der Waals surface area contributed by atoms with Crippen molar-refractivity contribution in [3.05, 3.63) is 35.6 Å². The van der Waals surface area contributed by atoms with Gasteiger partial charge in [0.1, 0.15) is 11.4 Å². The monoisotopic (exact) mass is 268 g/mol. The molecular weight excluding hydrogens is 247 g/mol. The maximum atomic E-state index is 12.7. The zero-order valence-corrected chi connectivity index (χ0v) is 11.6. The van der Waals surface area contributed by atoms with Gasteiger partial charge in [0.25, 0.3) is 0 Å². The molecule has 4 nitrogen and oxygen atoms in total. The number of nitrogens with two attached hydrogens (primary N) is 1. The molecule has 0 spiro atoms. The molecule has 1 aromatic carbocycles. The van der Waals surface area contributed by atoms with Crippen LogP contribution in [0.1, 0.15) is 26.3 Å². The molecule has 1 rings (SSSR count). The van der Waals surface area contributed by atoms with Gasteiger partial charge in [0, 0.05) is 12.6 Å². The fourth-order valence-electron chi connectivity index (χ4n) is 1.52. The minimum absolute atomic E-state index is 0.238. The van der Waals surface area contributed by atoms with E-state index >= 15 is 0 Å². The molecule has 5 heteroatoms. The fourth-order valence-corrected chi connectivity index (χ4v) is 1.52. The van der Waals surface area contributed by atoms with Crippen molar-refractivity contribution < 1.29 is 13.9 Å². The molecule has 1 aromatic rings. The molecule has 1 atom stereocenters. The van der Waals surface area contributed by atoms with Gasteiger partial charge < -0.3 is 15.8 Å². The van der Waals surface area contributed by atoms with Crippen LogP contribution < -0.4 is 11.1 Å². The van der Waals surface area contributed by atoms with E-state index in [1.54, 1.807) is 32.9 Å². The first-order valence-corrected chi connectivity index (χ1v) is 6.23. The number of alkyl carbamates (subject to hydrolysis) is 1. The molecule has 19 heavy (non-hydrogen) atoms. The van der Waals surface area contributed by atoms with E-state index in [1.165, 1.54) is 12.1 Å². The number of hydrogen-bond donors (Lipinski definition) is 2. The van der Waals surface area contributed by atoms with Gasteiger partial charge in [-0.25, -0.2) is 9.18 Å². The molecule has 0 saturated heterocycles. The van der Waals surface area contributed by atoms with Crippen molar-refractivity contribution in [2.24, 2.45) is 5.73 Å². The Morgan fingerprint density at radius 1 is 1.37 bits per heavy atom. The lowest BCUT2D eigenvalue weighted by Crippen LogP contribution is -2.41. The molecule has 0 fully saturated rings. The number of nitrogens with one attached hydrogen (secondary N) is 1. The molecule has 0 aliphatic rings. The van der Waals surface area contributed by atoms with Gasteiger partial charge in [0.05, 0.1) is 0 Å². The van der Waals surface area contributed by atoms with Gasteiger partial charge in [0.15, 0.2) is 0 Å². The van der Waals surface area contributed by atoms with Crippen molar-refractivity contribution in [1.82, 2.24) is 5.32 Å². The molecule has 0 heterocycles. The number of amides is 1. The summed E-state index contributed by atoms with van der Waals surface area (Å²) in [6, 6.07) is 5.91. The van der Waals surface area contributed by atoms with Crippen molar-refractivity contribution in [1.29, 1.82) is 0 Å². The number of rotatable bonds is 4. The molecule has 0 radical (unpaired) electrons. The van der Waals surface area contributed by atoms with Crippen LogP contribution in [-0.2, 0) is 11.2 Å². The first-order chi connectivity index (χ1) is 8.76. The van der Waals surface area contributed by atoms with Crippen molar-refractivity contribution in [3.63, 3.8) is 0 Å². The van der Waals surface area contributed by atoms with Crippen molar-refractivity contribution in [3.8, 4) is 0 Å². The summed E-state index contributed by atoms with van der Waals surface area (Å²) in [6.45, 7) is 5.70. The van der Waals surface area contributed by atoms with E-state index in [1.807, 2.05) is 0 Å². The van der Waals surface area contributed by atoms with Crippen LogP contribution in [0.25, 0.3) is 0 Å². The number of hydrogen-bond acceptors (Lipinski definition) is 3. The van der Waals surface area contributed by atoms with Gasteiger partial charge in [0.2, 0.25) is 0 Å². The fraction of sp³-hybridized carbons (Fsp3) is 0.500. The van der Waals surface area contributed by atoms with E-state index in [0.717, 1.165) is 5.56 Å². The molecule has 0 bridgehead atoms. The second-order valence-electron chi connectivity index (χ2n) is 5.47. The van der Waals surface area contributed by atoms with E-state index in [9.17, 15) is 9.18 Å². The number of carbonyl (C=O) groups is 1. The average molecular weight is 268 g/mol. The number of benzene rings is 1. The molecule has 1 amide bonds. The maximum absolute atomic E-state index is 12.7. The normalized spacial score (nSPS) is 12.9. The number of ether oxygens (including phenoxy) is 1. The lowest BCUT2D eigenvalue weighted by molar-refractivity contribution is 0.0524. The third-order valence-corrected chi connectivity index (χ3v) is 2.32. The zero-order valence-electron chi connectivity index (χ0n) is 11.6. The molecule has 0 saturated carbocycles. The van der Waals surface area contributed by atoms with E-state index in [4.69, 9.17) is 10.5 Å². The predicted molar refractivity (Wildman–Crippen MR) is 72.3 cm³/mol. The highest BCUT2D eigenvalue weighted by Crippen LogP contribution is 2.07. The Labute approximate surface area is 113 Å². The van der Waals surface area contributed by atoms with Gasteiger partial charge in [-0.15, -0.1) is 0 Å². The summed E-state index contributed by atoms with van der Waals surface area (Å²) < 4.78 is 17.8. The Hall–Kier alpha value is -1.62. The molecule has 106 valence electrons. The lowest BCUT2D eigenvalue weighted by Gasteiger charge is -2.20. The molecule has 0 aliphatic carbocycles. The van der Waals surface area contributed by atoms with Gasteiger partial charge >= 0.3 is 6.09 Å². The van der Waals surface area contributed by atoms with Gasteiger partial charge in [-0.2, -0.15) is 0 Å². The van der Waals surface area contributed by atoms with Crippen LogP contribution in [0.15, 0.2) is 24.3 Å². The van der Waals surface area contributed by atoms with E-state index in [2.05, 4.69) is 5.32 Å². The van der Waals surface area contributed by atoms with Crippen molar-refractivity contribution in [2.75, 3.05) is 6.54 Å². The van der Waals surface area contributed by atoms with Crippen LogP contribution in [0.4, 0.5) is 9.18 Å². The second-order valence-corrected chi connectivity index (χ2v) is 5.47. The Bertz CT molecular complexity index is 412. The first kappa shape index (κ1) is 15.4. The van der Waals surface area contributed by atoms with Crippen LogP contribution in [-0.4, -0.2) is 24.3 Å². The van der Waals surface area contributed by atoms with Crippen LogP contribution in [0.3, 0.4) is 0 Å². The maximum Gasteiger partial charge on any atom is 0.407 e. The molecule has 1 unspecified atom stereocenters. The third-order valence-electron chi connectivity index (χ3n) is 2.32. The van der Waals surface area contributed by atoms with Crippen LogP contribution in [0.2, 0.25) is 0 Å². The molecule has 3 N–H and O–H groups in total. The Balaban J connectivity index is 2.33. The largest absolute Gasteiger partial charge is 0.444 e. The highest BCUT2D eigenvalue weighted by atomic mass is 19.1. The average Bonchev–Trinajstić information content (AvgIpc) is 2.27. The molecular formula is C14H21FN2O2. The summed E-state index contributed by atoms with van der Waals surface area (Å²) >= 11 is 0. The summed E-state index contributed by atoms with van der Waals surface area (Å²) in [5.74, 6) is -0.274. The number of carbonyl (C=O) groups excluding carboxylic acids is 1. The zero-order chi connectivity index (χ0) is 14.5. The SMILES string of the molecule is CC(C)(C)OC(=O)NCC(N)Cc1ccc(F)cc1. The first-order valence-electron chi connectivity index (χ1n) is 6.23. The highest BCUT2D eigenvalue weighted by molar-refractivity contribution is 5.67. The van der Waals surface area contributed by atoms with E-state index in [-0.39, 0.29) is 11.9 Å². The third kappa shape index (κ3) is 6.76. The summed E-state index contributed by atoms with van der Waals surface area (Å²) in [6.07, 6.45) is 0.0813. The Morgan fingerprint density at radius 2 is 1.95 bits per heavy atom. The Morgan fingerprint density at radius 3 is 2.47 bits per heavy atom. The lowest BCUT2D eigenvalue weighted by atomic mass is 10.1. The summed E-state index contributed by atoms with van der Waals surface area (Å²) in [7, 11) is 0. The highest BCUT2D eigenvalue weighted by Gasteiger charge is 2.16. The van der Waals surface area contributed by atoms with Gasteiger partial charge in [-0.3, -0.25) is 0 Å². The number of halogens is 1. The topological polar surface area (TPSA) is 64.3 Å². The van der Waals surface area contributed by atoms with Crippen molar-refractivity contribution in [2.45, 2.75) is 38.8 Å². The quantitative estimate of drug-likeness (QED) is 0.880. The summed E-state index contributed by atoms with van der Waals surface area (Å²) in [4.78, 5) is 11.4. The summed E-state index contributed by atoms with van der Waals surface area (Å²) in [5.41, 5.74) is 6.30. The standard InChI is InChI=1S/C14H21FN2O2/c1-14(2,3)19-13(18)17-9-12(16)8-10-4-6-11(15)7-5-10/h4-7,12H,8-9,16H2,1-3H3,(H,17,18). The predicted octanol–water partition coefficient (Wildman–Crippen LogP) is 2.22. The molecule has 0 aromatic heterocycles. The van der Waals surface area contributed by atoms with Crippen LogP contribution in [0.5, 0.6) is 0 Å². The van der Waals surface area contributed by atoms with E-state index < -0.39 is 11.7 Å². The van der Waals surface area contributed by atoms with Gasteiger partial charge in [-0.1, -0.05) is 12.1 Å².